The maximum atomic E-state index is 12.3. The summed E-state index contributed by atoms with van der Waals surface area (Å²) in [6.07, 6.45) is 5.72. The number of carbonyl (C=O) groups excluding carboxylic acids is 1. The van der Waals surface area contributed by atoms with Crippen molar-refractivity contribution in [2.75, 3.05) is 13.7 Å². The molecule has 5 heteroatoms. The average molecular weight is 221 g/mol. The number of aromatic nitrogens is 2. The highest BCUT2D eigenvalue weighted by Gasteiger charge is 2.44. The lowest BCUT2D eigenvalue weighted by Crippen LogP contribution is -2.44. The Labute approximate surface area is 94.0 Å². The smallest absolute Gasteiger partial charge is 0.243 e. The Morgan fingerprint density at radius 1 is 1.50 bits per heavy atom. The molecule has 0 spiro atoms. The van der Waals surface area contributed by atoms with E-state index >= 15 is 0 Å². The molecule has 1 aromatic rings. The molecule has 16 heavy (non-hydrogen) atoms. The lowest BCUT2D eigenvalue weighted by molar-refractivity contribution is 0.0625. The molecule has 1 saturated carbocycles. The molecule has 2 N–H and O–H groups in total. The number of carbonyl (C=O) groups is 1. The fourth-order valence-electron chi connectivity index (χ4n) is 2.01. The van der Waals surface area contributed by atoms with Crippen molar-refractivity contribution >= 4 is 5.78 Å². The Morgan fingerprint density at radius 2 is 2.19 bits per heavy atom. The lowest BCUT2D eigenvalue weighted by Gasteiger charge is -2.38. The van der Waals surface area contributed by atoms with E-state index in [-0.39, 0.29) is 11.7 Å². The number of hydrogen-bond acceptors (Lipinski definition) is 5. The van der Waals surface area contributed by atoms with Crippen molar-refractivity contribution in [3.05, 3.63) is 18.1 Å². The number of ketones is 1. The van der Waals surface area contributed by atoms with E-state index in [1.807, 2.05) is 0 Å². The summed E-state index contributed by atoms with van der Waals surface area (Å²) in [5.41, 5.74) is 5.56. The molecular weight excluding hydrogens is 206 g/mol. The zero-order chi connectivity index (χ0) is 11.6. The number of methoxy groups -OCH3 is 1. The quantitative estimate of drug-likeness (QED) is 0.761. The normalized spacial score (nSPS) is 17.6. The summed E-state index contributed by atoms with van der Waals surface area (Å²) in [6, 6.07) is 0. The van der Waals surface area contributed by atoms with Gasteiger partial charge in [0, 0.05) is 24.4 Å². The highest BCUT2D eigenvalue weighted by molar-refractivity contribution is 6.01. The van der Waals surface area contributed by atoms with Crippen LogP contribution in [-0.2, 0) is 0 Å². The van der Waals surface area contributed by atoms with Crippen molar-refractivity contribution in [1.29, 1.82) is 0 Å². The van der Waals surface area contributed by atoms with Crippen LogP contribution in [0.2, 0.25) is 0 Å². The highest BCUT2D eigenvalue weighted by Crippen LogP contribution is 2.43. The van der Waals surface area contributed by atoms with Gasteiger partial charge in [0.05, 0.1) is 7.11 Å². The Kier molecular flexibility index (Phi) is 2.87. The molecule has 1 heterocycles. The topological polar surface area (TPSA) is 78.1 Å². The second kappa shape index (κ2) is 4.17. The molecule has 0 saturated heterocycles. The minimum absolute atomic E-state index is 0.0359. The first kappa shape index (κ1) is 11.0. The number of Topliss-reactive ketones (excluding diaryl/α,β-unsaturated/α-hetero) is 1. The molecule has 0 aromatic carbocycles. The average Bonchev–Trinajstić information content (AvgIpc) is 2.28. The predicted molar refractivity (Wildman–Crippen MR) is 58.3 cm³/mol. The summed E-state index contributed by atoms with van der Waals surface area (Å²) in [4.78, 5) is 20.3. The van der Waals surface area contributed by atoms with Crippen LogP contribution >= 0.6 is 0 Å². The van der Waals surface area contributed by atoms with Gasteiger partial charge in [0.2, 0.25) is 5.88 Å². The van der Waals surface area contributed by atoms with E-state index in [0.717, 1.165) is 19.3 Å². The summed E-state index contributed by atoms with van der Waals surface area (Å²) in [5, 5.41) is 0. The number of hydrogen-bond donors (Lipinski definition) is 1. The fraction of sp³-hybridized carbons (Fsp3) is 0.545. The third-order valence-electron chi connectivity index (χ3n) is 3.26. The van der Waals surface area contributed by atoms with Crippen LogP contribution in [0.25, 0.3) is 0 Å². The summed E-state index contributed by atoms with van der Waals surface area (Å²) >= 11 is 0. The van der Waals surface area contributed by atoms with Crippen molar-refractivity contribution in [3.8, 4) is 5.88 Å². The second-order valence-corrected chi connectivity index (χ2v) is 4.08. The van der Waals surface area contributed by atoms with E-state index in [1.165, 1.54) is 19.5 Å². The molecular formula is C11H15N3O2. The van der Waals surface area contributed by atoms with Crippen LogP contribution < -0.4 is 10.5 Å². The molecule has 1 fully saturated rings. The van der Waals surface area contributed by atoms with Crippen LogP contribution in [0.15, 0.2) is 12.4 Å². The van der Waals surface area contributed by atoms with Gasteiger partial charge in [0.1, 0.15) is 0 Å². The second-order valence-electron chi connectivity index (χ2n) is 4.08. The van der Waals surface area contributed by atoms with Crippen molar-refractivity contribution < 1.29 is 9.53 Å². The summed E-state index contributed by atoms with van der Waals surface area (Å²) in [5.74, 6) is 0.249. The molecule has 0 atom stereocenters. The number of ether oxygens (including phenoxy) is 1. The van der Waals surface area contributed by atoms with E-state index < -0.39 is 5.41 Å². The van der Waals surface area contributed by atoms with Gasteiger partial charge in [0.15, 0.2) is 11.5 Å². The van der Waals surface area contributed by atoms with Crippen molar-refractivity contribution in [2.24, 2.45) is 11.1 Å². The van der Waals surface area contributed by atoms with Gasteiger partial charge in [-0.25, -0.2) is 9.97 Å². The van der Waals surface area contributed by atoms with Gasteiger partial charge < -0.3 is 10.5 Å². The van der Waals surface area contributed by atoms with Crippen LogP contribution in [0, 0.1) is 5.41 Å². The fourth-order valence-corrected chi connectivity index (χ4v) is 2.01. The lowest BCUT2D eigenvalue weighted by atomic mass is 9.65. The van der Waals surface area contributed by atoms with Gasteiger partial charge in [-0.05, 0) is 12.8 Å². The van der Waals surface area contributed by atoms with E-state index in [9.17, 15) is 4.79 Å². The molecule has 1 aromatic heterocycles. The summed E-state index contributed by atoms with van der Waals surface area (Å²) in [6.45, 7) is 0.367. The molecule has 2 rings (SSSR count). The first-order valence-corrected chi connectivity index (χ1v) is 5.33. The maximum Gasteiger partial charge on any atom is 0.243 e. The Bertz CT molecular complexity index is 396. The van der Waals surface area contributed by atoms with Crippen LogP contribution in [-0.4, -0.2) is 29.4 Å². The minimum atomic E-state index is -0.427. The van der Waals surface area contributed by atoms with Crippen molar-refractivity contribution in [3.63, 3.8) is 0 Å². The van der Waals surface area contributed by atoms with Crippen LogP contribution in [0.4, 0.5) is 0 Å². The van der Waals surface area contributed by atoms with E-state index in [2.05, 4.69) is 9.97 Å². The Balaban J connectivity index is 2.33. The molecule has 86 valence electrons. The SMILES string of the molecule is COc1nccnc1C(=O)C1(CN)CCC1. The maximum absolute atomic E-state index is 12.3. The predicted octanol–water partition coefficient (Wildman–Crippen LogP) is 0.797. The van der Waals surface area contributed by atoms with Gasteiger partial charge in [-0.3, -0.25) is 4.79 Å². The standard InChI is InChI=1S/C11H15N3O2/c1-16-10-8(13-5-6-14-10)9(15)11(7-12)3-2-4-11/h5-6H,2-4,7,12H2,1H3. The van der Waals surface area contributed by atoms with Crippen molar-refractivity contribution in [2.45, 2.75) is 19.3 Å². The van der Waals surface area contributed by atoms with Crippen LogP contribution in [0.3, 0.4) is 0 Å². The minimum Gasteiger partial charge on any atom is -0.479 e. The van der Waals surface area contributed by atoms with Crippen LogP contribution in [0.5, 0.6) is 5.88 Å². The molecule has 0 unspecified atom stereocenters. The number of nitrogens with two attached hydrogens (primary N) is 1. The third kappa shape index (κ3) is 1.57. The zero-order valence-electron chi connectivity index (χ0n) is 9.27. The molecule has 0 amide bonds. The van der Waals surface area contributed by atoms with E-state index in [0.29, 0.717) is 12.2 Å². The molecule has 0 bridgehead atoms. The van der Waals surface area contributed by atoms with Gasteiger partial charge in [-0.15, -0.1) is 0 Å². The first-order valence-electron chi connectivity index (χ1n) is 5.33. The van der Waals surface area contributed by atoms with Gasteiger partial charge in [0.25, 0.3) is 0 Å². The number of rotatable bonds is 4. The highest BCUT2D eigenvalue weighted by atomic mass is 16.5. The van der Waals surface area contributed by atoms with Crippen LogP contribution in [0.1, 0.15) is 29.8 Å². The van der Waals surface area contributed by atoms with Gasteiger partial charge >= 0.3 is 0 Å². The zero-order valence-corrected chi connectivity index (χ0v) is 9.27. The molecule has 5 nitrogen and oxygen atoms in total. The van der Waals surface area contributed by atoms with E-state index in [4.69, 9.17) is 10.5 Å². The molecule has 0 aliphatic heterocycles. The molecule has 1 aliphatic rings. The summed E-state index contributed by atoms with van der Waals surface area (Å²) in [7, 11) is 1.48. The first-order chi connectivity index (χ1) is 7.73. The largest absolute Gasteiger partial charge is 0.479 e. The molecule has 0 radical (unpaired) electrons. The number of nitrogens with zero attached hydrogens (tertiary/aromatic N) is 2. The van der Waals surface area contributed by atoms with Gasteiger partial charge in [-0.1, -0.05) is 6.42 Å². The Hall–Kier alpha value is -1.49. The van der Waals surface area contributed by atoms with Crippen molar-refractivity contribution in [1.82, 2.24) is 9.97 Å². The Morgan fingerprint density at radius 3 is 2.69 bits per heavy atom. The molecule has 1 aliphatic carbocycles. The van der Waals surface area contributed by atoms with Gasteiger partial charge in [-0.2, -0.15) is 0 Å². The third-order valence-corrected chi connectivity index (χ3v) is 3.26. The monoisotopic (exact) mass is 221 g/mol. The van der Waals surface area contributed by atoms with E-state index in [1.54, 1.807) is 0 Å². The summed E-state index contributed by atoms with van der Waals surface area (Å²) < 4.78 is 5.04.